The normalized spacial score (nSPS) is 11.3. The molecule has 5 heteroatoms. The van der Waals surface area contributed by atoms with Gasteiger partial charge in [-0.3, -0.25) is 9.36 Å². The summed E-state index contributed by atoms with van der Waals surface area (Å²) in [5, 5.41) is 0.608. The number of hydrogen-bond acceptors (Lipinski definition) is 4. The summed E-state index contributed by atoms with van der Waals surface area (Å²) in [4.78, 5) is 16.6. The molecule has 0 saturated heterocycles. The second kappa shape index (κ2) is 6.45. The molecule has 0 bridgehead atoms. The average Bonchev–Trinajstić information content (AvgIpc) is 2.43. The predicted octanol–water partition coefficient (Wildman–Crippen LogP) is 1.80. The van der Waals surface area contributed by atoms with Gasteiger partial charge < -0.3 is 9.47 Å². The van der Waals surface area contributed by atoms with Crippen LogP contribution in [0.25, 0.3) is 10.9 Å². The van der Waals surface area contributed by atoms with Gasteiger partial charge in [0.15, 0.2) is 6.29 Å². The molecule has 0 aliphatic carbocycles. The molecule has 5 nitrogen and oxygen atoms in total. The topological polar surface area (TPSA) is 53.4 Å². The Hall–Kier alpha value is -1.72. The highest BCUT2D eigenvalue weighted by molar-refractivity contribution is 5.76. The van der Waals surface area contributed by atoms with E-state index in [1.807, 2.05) is 32.0 Å². The van der Waals surface area contributed by atoms with Gasteiger partial charge in [-0.05, 0) is 26.0 Å². The largest absolute Gasteiger partial charge is 0.351 e. The molecule has 0 spiro atoms. The molecule has 0 amide bonds. The van der Waals surface area contributed by atoms with E-state index < -0.39 is 6.29 Å². The fourth-order valence-electron chi connectivity index (χ4n) is 1.92. The fourth-order valence-corrected chi connectivity index (χ4v) is 1.92. The van der Waals surface area contributed by atoms with E-state index >= 15 is 0 Å². The highest BCUT2D eigenvalue weighted by Gasteiger charge is 2.11. The van der Waals surface area contributed by atoms with Gasteiger partial charge in [0.05, 0.1) is 23.8 Å². The molecule has 2 rings (SSSR count). The van der Waals surface area contributed by atoms with Crippen molar-refractivity contribution in [2.45, 2.75) is 26.7 Å². The van der Waals surface area contributed by atoms with Gasteiger partial charge in [0, 0.05) is 13.2 Å². The summed E-state index contributed by atoms with van der Waals surface area (Å²) in [6.45, 7) is 5.22. The van der Waals surface area contributed by atoms with Gasteiger partial charge in [-0.1, -0.05) is 12.1 Å². The Balaban J connectivity index is 2.29. The zero-order valence-corrected chi connectivity index (χ0v) is 11.2. The first-order valence-electron chi connectivity index (χ1n) is 6.43. The van der Waals surface area contributed by atoms with E-state index in [0.29, 0.717) is 30.7 Å². The van der Waals surface area contributed by atoms with Crippen molar-refractivity contribution >= 4 is 10.9 Å². The number of hydrogen-bond donors (Lipinski definition) is 0. The van der Waals surface area contributed by atoms with Gasteiger partial charge in [-0.25, -0.2) is 4.98 Å². The van der Waals surface area contributed by atoms with Gasteiger partial charge >= 0.3 is 0 Å². The molecule has 1 heterocycles. The van der Waals surface area contributed by atoms with Crippen LogP contribution >= 0.6 is 0 Å². The van der Waals surface area contributed by atoms with Crippen molar-refractivity contribution in [3.63, 3.8) is 0 Å². The Bertz CT molecular complexity index is 589. The SMILES string of the molecule is CCOC(Cn1cnc2ccccc2c1=O)OCC. The van der Waals surface area contributed by atoms with Crippen LogP contribution < -0.4 is 5.56 Å². The molecular weight excluding hydrogens is 244 g/mol. The van der Waals surface area contributed by atoms with E-state index in [1.165, 1.54) is 10.9 Å². The van der Waals surface area contributed by atoms with Crippen molar-refractivity contribution < 1.29 is 9.47 Å². The lowest BCUT2D eigenvalue weighted by Gasteiger charge is -2.17. The molecule has 0 unspecified atom stereocenters. The van der Waals surface area contributed by atoms with Crippen LogP contribution in [0.3, 0.4) is 0 Å². The van der Waals surface area contributed by atoms with E-state index in [-0.39, 0.29) is 5.56 Å². The van der Waals surface area contributed by atoms with Gasteiger partial charge in [0.2, 0.25) is 0 Å². The van der Waals surface area contributed by atoms with Crippen LogP contribution in [-0.4, -0.2) is 29.1 Å². The van der Waals surface area contributed by atoms with E-state index in [4.69, 9.17) is 9.47 Å². The number of ether oxygens (including phenoxy) is 2. The van der Waals surface area contributed by atoms with Crippen molar-refractivity contribution in [1.29, 1.82) is 0 Å². The first-order valence-corrected chi connectivity index (χ1v) is 6.43. The summed E-state index contributed by atoms with van der Waals surface area (Å²) in [6, 6.07) is 7.29. The van der Waals surface area contributed by atoms with E-state index in [9.17, 15) is 4.79 Å². The van der Waals surface area contributed by atoms with Crippen LogP contribution in [0.5, 0.6) is 0 Å². The molecule has 0 aliphatic heterocycles. The first-order chi connectivity index (χ1) is 9.26. The van der Waals surface area contributed by atoms with Crippen LogP contribution in [0.1, 0.15) is 13.8 Å². The second-order valence-electron chi connectivity index (χ2n) is 4.06. The molecular formula is C14H18N2O3. The van der Waals surface area contributed by atoms with Crippen LogP contribution in [0.4, 0.5) is 0 Å². The first kappa shape index (κ1) is 13.7. The van der Waals surface area contributed by atoms with Gasteiger partial charge in [0.1, 0.15) is 0 Å². The van der Waals surface area contributed by atoms with Crippen LogP contribution in [-0.2, 0) is 16.0 Å². The van der Waals surface area contributed by atoms with Crippen LogP contribution in [0, 0.1) is 0 Å². The van der Waals surface area contributed by atoms with Crippen LogP contribution in [0.2, 0.25) is 0 Å². The van der Waals surface area contributed by atoms with Crippen molar-refractivity contribution in [3.05, 3.63) is 40.9 Å². The Kier molecular flexibility index (Phi) is 4.65. The Morgan fingerprint density at radius 3 is 2.58 bits per heavy atom. The summed E-state index contributed by atoms with van der Waals surface area (Å²) in [7, 11) is 0. The minimum absolute atomic E-state index is 0.0741. The predicted molar refractivity (Wildman–Crippen MR) is 73.0 cm³/mol. The quantitative estimate of drug-likeness (QED) is 0.745. The smallest absolute Gasteiger partial charge is 0.261 e. The standard InChI is InChI=1S/C14H18N2O3/c1-3-18-13(19-4-2)9-16-10-15-12-8-6-5-7-11(12)14(16)17/h5-8,10,13H,3-4,9H2,1-2H3. The minimum atomic E-state index is -0.421. The maximum Gasteiger partial charge on any atom is 0.261 e. The zero-order chi connectivity index (χ0) is 13.7. The summed E-state index contributed by atoms with van der Waals surface area (Å²) < 4.78 is 12.4. The number of benzene rings is 1. The summed E-state index contributed by atoms with van der Waals surface area (Å²) >= 11 is 0. The maximum atomic E-state index is 12.3. The summed E-state index contributed by atoms with van der Waals surface area (Å²) in [5.41, 5.74) is 0.628. The number of rotatable bonds is 6. The summed E-state index contributed by atoms with van der Waals surface area (Å²) in [6.07, 6.45) is 1.12. The third kappa shape index (κ3) is 3.19. The van der Waals surface area contributed by atoms with Gasteiger partial charge in [-0.15, -0.1) is 0 Å². The van der Waals surface area contributed by atoms with E-state index in [2.05, 4.69) is 4.98 Å². The lowest BCUT2D eigenvalue weighted by molar-refractivity contribution is -0.144. The molecule has 2 aromatic rings. The highest BCUT2D eigenvalue weighted by Crippen LogP contribution is 2.06. The van der Waals surface area contributed by atoms with Crippen LogP contribution in [0.15, 0.2) is 35.4 Å². The van der Waals surface area contributed by atoms with Crippen molar-refractivity contribution in [3.8, 4) is 0 Å². The Labute approximate surface area is 111 Å². The molecule has 0 fully saturated rings. The minimum Gasteiger partial charge on any atom is -0.351 e. The van der Waals surface area contributed by atoms with Gasteiger partial charge in [-0.2, -0.15) is 0 Å². The molecule has 0 atom stereocenters. The third-order valence-electron chi connectivity index (χ3n) is 2.78. The van der Waals surface area contributed by atoms with E-state index in [1.54, 1.807) is 6.07 Å². The molecule has 0 aliphatic rings. The maximum absolute atomic E-state index is 12.3. The number of nitrogens with zero attached hydrogens (tertiary/aromatic N) is 2. The monoisotopic (exact) mass is 262 g/mol. The number of fused-ring (bicyclic) bond motifs is 1. The van der Waals surface area contributed by atoms with Crippen molar-refractivity contribution in [1.82, 2.24) is 9.55 Å². The Morgan fingerprint density at radius 2 is 1.89 bits per heavy atom. The Morgan fingerprint density at radius 1 is 1.21 bits per heavy atom. The molecule has 102 valence electrons. The molecule has 1 aromatic heterocycles. The molecule has 0 saturated carbocycles. The number of aromatic nitrogens is 2. The lowest BCUT2D eigenvalue weighted by atomic mass is 10.2. The van der Waals surface area contributed by atoms with Crippen molar-refractivity contribution in [2.75, 3.05) is 13.2 Å². The second-order valence-corrected chi connectivity index (χ2v) is 4.06. The zero-order valence-electron chi connectivity index (χ0n) is 11.2. The highest BCUT2D eigenvalue weighted by atomic mass is 16.7. The lowest BCUT2D eigenvalue weighted by Crippen LogP contribution is -2.30. The molecule has 0 N–H and O–H groups in total. The van der Waals surface area contributed by atoms with E-state index in [0.717, 1.165) is 0 Å². The third-order valence-corrected chi connectivity index (χ3v) is 2.78. The fraction of sp³-hybridized carbons (Fsp3) is 0.429. The number of para-hydroxylation sites is 1. The average molecular weight is 262 g/mol. The molecule has 0 radical (unpaired) electrons. The molecule has 19 heavy (non-hydrogen) atoms. The summed E-state index contributed by atoms with van der Waals surface area (Å²) in [5.74, 6) is 0. The van der Waals surface area contributed by atoms with Gasteiger partial charge in [0.25, 0.3) is 5.56 Å². The van der Waals surface area contributed by atoms with Crippen molar-refractivity contribution in [2.24, 2.45) is 0 Å². The molecule has 1 aromatic carbocycles.